The van der Waals surface area contributed by atoms with Gasteiger partial charge in [-0.15, -0.1) is 0 Å². The van der Waals surface area contributed by atoms with Crippen LogP contribution in [0.5, 0.6) is 11.5 Å². The van der Waals surface area contributed by atoms with Crippen molar-refractivity contribution in [2.75, 3.05) is 20.2 Å². The summed E-state index contributed by atoms with van der Waals surface area (Å²) < 4.78 is 11.7. The van der Waals surface area contributed by atoms with Gasteiger partial charge in [0.15, 0.2) is 17.6 Å². The molecule has 1 aromatic rings. The number of allylic oxidation sites excluding steroid dienone is 2. The molecule has 3 rings (SSSR count). The van der Waals surface area contributed by atoms with Crippen molar-refractivity contribution in [1.29, 1.82) is 0 Å². The lowest BCUT2D eigenvalue weighted by molar-refractivity contribution is -0.133. The van der Waals surface area contributed by atoms with E-state index in [1.54, 1.807) is 4.90 Å². The highest BCUT2D eigenvalue weighted by Crippen LogP contribution is 2.60. The minimum absolute atomic E-state index is 0.0408. The molecule has 1 fully saturated rings. The van der Waals surface area contributed by atoms with E-state index in [1.165, 1.54) is 5.57 Å². The van der Waals surface area contributed by atoms with Gasteiger partial charge in [0.2, 0.25) is 5.91 Å². The van der Waals surface area contributed by atoms with E-state index in [9.17, 15) is 4.79 Å². The van der Waals surface area contributed by atoms with Crippen LogP contribution in [-0.4, -0.2) is 37.1 Å². The van der Waals surface area contributed by atoms with E-state index < -0.39 is 0 Å². The lowest BCUT2D eigenvalue weighted by Crippen LogP contribution is -2.42. The summed E-state index contributed by atoms with van der Waals surface area (Å²) in [5.41, 5.74) is 1.31. The number of amides is 1. The van der Waals surface area contributed by atoms with Crippen LogP contribution in [0.15, 0.2) is 35.9 Å². The molecule has 0 radical (unpaired) electrons. The van der Waals surface area contributed by atoms with E-state index in [1.807, 2.05) is 31.3 Å². The van der Waals surface area contributed by atoms with Crippen molar-refractivity contribution in [2.45, 2.75) is 33.8 Å². The summed E-state index contributed by atoms with van der Waals surface area (Å²) in [7, 11) is 1.86. The zero-order valence-corrected chi connectivity index (χ0v) is 15.2. The Morgan fingerprint density at radius 2 is 1.96 bits per heavy atom. The molecule has 24 heavy (non-hydrogen) atoms. The van der Waals surface area contributed by atoms with E-state index in [-0.39, 0.29) is 23.3 Å². The zero-order chi connectivity index (χ0) is 17.5. The summed E-state index contributed by atoms with van der Waals surface area (Å²) in [6.07, 6.45) is 2.10. The topological polar surface area (TPSA) is 38.8 Å². The van der Waals surface area contributed by atoms with Crippen LogP contribution in [0.2, 0.25) is 0 Å². The summed E-state index contributed by atoms with van der Waals surface area (Å²) in [6.45, 7) is 9.53. The number of nitrogens with zero attached hydrogens (tertiary/aromatic N) is 1. The Bertz CT molecular complexity index is 661. The third kappa shape index (κ3) is 3.14. The van der Waals surface area contributed by atoms with Crippen LogP contribution >= 0.6 is 0 Å². The van der Waals surface area contributed by atoms with Crippen molar-refractivity contribution >= 4 is 5.91 Å². The Kier molecular flexibility index (Phi) is 4.33. The highest BCUT2D eigenvalue weighted by Gasteiger charge is 2.61. The third-order valence-corrected chi connectivity index (χ3v) is 5.11. The Morgan fingerprint density at radius 3 is 2.62 bits per heavy atom. The zero-order valence-electron chi connectivity index (χ0n) is 15.2. The van der Waals surface area contributed by atoms with Crippen LogP contribution in [0.3, 0.4) is 0 Å². The normalized spacial score (nSPS) is 26.5. The number of para-hydroxylation sites is 2. The van der Waals surface area contributed by atoms with Gasteiger partial charge in [-0.05, 0) is 37.3 Å². The molecule has 1 saturated carbocycles. The predicted molar refractivity (Wildman–Crippen MR) is 94.2 cm³/mol. The van der Waals surface area contributed by atoms with Gasteiger partial charge < -0.3 is 14.4 Å². The van der Waals surface area contributed by atoms with Crippen LogP contribution in [0.25, 0.3) is 0 Å². The van der Waals surface area contributed by atoms with E-state index in [4.69, 9.17) is 9.47 Å². The van der Waals surface area contributed by atoms with Crippen LogP contribution in [-0.2, 0) is 4.79 Å². The second-order valence-electron chi connectivity index (χ2n) is 7.79. The molecule has 2 aliphatic rings. The molecule has 3 unspecified atom stereocenters. The fourth-order valence-electron chi connectivity index (χ4n) is 3.61. The summed E-state index contributed by atoms with van der Waals surface area (Å²) in [4.78, 5) is 14.6. The molecular formula is C20H27NO3. The first-order chi connectivity index (χ1) is 11.3. The van der Waals surface area contributed by atoms with Gasteiger partial charge in [0.1, 0.15) is 6.61 Å². The monoisotopic (exact) mass is 329 g/mol. The van der Waals surface area contributed by atoms with Gasteiger partial charge in [0.25, 0.3) is 0 Å². The fraction of sp³-hybridized carbons (Fsp3) is 0.550. The van der Waals surface area contributed by atoms with Crippen molar-refractivity contribution in [1.82, 2.24) is 4.90 Å². The van der Waals surface area contributed by atoms with Crippen LogP contribution in [0.4, 0.5) is 0 Å². The predicted octanol–water partition coefficient (Wildman–Crippen LogP) is 3.52. The number of fused-ring (bicyclic) bond motifs is 1. The molecule has 0 saturated heterocycles. The number of hydrogen-bond acceptors (Lipinski definition) is 3. The van der Waals surface area contributed by atoms with Gasteiger partial charge >= 0.3 is 0 Å². The standard InChI is InChI=1S/C20H27NO3/c1-13(2)10-15-18(20(15,3)4)19(22)21(5)11-14-12-23-16-8-6-7-9-17(16)24-14/h6-10,14-15,18H,11-12H2,1-5H3. The second kappa shape index (κ2) is 6.15. The molecular weight excluding hydrogens is 302 g/mol. The van der Waals surface area contributed by atoms with E-state index in [0.29, 0.717) is 19.1 Å². The molecule has 0 spiro atoms. The van der Waals surface area contributed by atoms with E-state index in [0.717, 1.165) is 11.5 Å². The quantitative estimate of drug-likeness (QED) is 0.793. The van der Waals surface area contributed by atoms with Crippen molar-refractivity contribution in [3.8, 4) is 11.5 Å². The minimum Gasteiger partial charge on any atom is -0.486 e. The van der Waals surface area contributed by atoms with Crippen molar-refractivity contribution in [3.05, 3.63) is 35.9 Å². The lowest BCUT2D eigenvalue weighted by atomic mass is 10.1. The van der Waals surface area contributed by atoms with Crippen molar-refractivity contribution in [2.24, 2.45) is 17.3 Å². The number of rotatable bonds is 4. The van der Waals surface area contributed by atoms with Gasteiger partial charge in [-0.3, -0.25) is 4.79 Å². The number of carbonyl (C=O) groups excluding carboxylic acids is 1. The molecule has 0 aromatic heterocycles. The molecule has 0 bridgehead atoms. The molecule has 1 aliphatic carbocycles. The number of hydrogen-bond donors (Lipinski definition) is 0. The summed E-state index contributed by atoms with van der Waals surface area (Å²) >= 11 is 0. The Morgan fingerprint density at radius 1 is 1.29 bits per heavy atom. The molecule has 1 aromatic carbocycles. The number of ether oxygens (including phenoxy) is 2. The average Bonchev–Trinajstić information content (AvgIpc) is 3.06. The highest BCUT2D eigenvalue weighted by atomic mass is 16.6. The second-order valence-corrected chi connectivity index (χ2v) is 7.79. The fourth-order valence-corrected chi connectivity index (χ4v) is 3.61. The van der Waals surface area contributed by atoms with Crippen LogP contribution in [0.1, 0.15) is 27.7 Å². The number of benzene rings is 1. The molecule has 130 valence electrons. The lowest BCUT2D eigenvalue weighted by Gasteiger charge is -2.29. The smallest absolute Gasteiger partial charge is 0.226 e. The number of carbonyl (C=O) groups is 1. The van der Waals surface area contributed by atoms with Crippen LogP contribution < -0.4 is 9.47 Å². The average molecular weight is 329 g/mol. The summed E-state index contributed by atoms with van der Waals surface area (Å²) in [5.74, 6) is 2.12. The van der Waals surface area contributed by atoms with Gasteiger partial charge in [-0.25, -0.2) is 0 Å². The maximum Gasteiger partial charge on any atom is 0.226 e. The Balaban J connectivity index is 1.61. The molecule has 1 amide bonds. The van der Waals surface area contributed by atoms with Gasteiger partial charge in [-0.1, -0.05) is 37.6 Å². The minimum atomic E-state index is -0.127. The first kappa shape index (κ1) is 16.9. The van der Waals surface area contributed by atoms with E-state index >= 15 is 0 Å². The van der Waals surface area contributed by atoms with Crippen molar-refractivity contribution in [3.63, 3.8) is 0 Å². The summed E-state index contributed by atoms with van der Waals surface area (Å²) in [5, 5.41) is 0. The molecule has 3 atom stereocenters. The largest absolute Gasteiger partial charge is 0.486 e. The molecule has 4 heteroatoms. The maximum absolute atomic E-state index is 12.8. The van der Waals surface area contributed by atoms with Gasteiger partial charge in [-0.2, -0.15) is 0 Å². The SMILES string of the molecule is CC(C)=CC1C(C(=O)N(C)CC2COc3ccccc3O2)C1(C)C. The maximum atomic E-state index is 12.8. The third-order valence-electron chi connectivity index (χ3n) is 5.11. The first-order valence-corrected chi connectivity index (χ1v) is 8.59. The highest BCUT2D eigenvalue weighted by molar-refractivity contribution is 5.83. The first-order valence-electron chi connectivity index (χ1n) is 8.59. The van der Waals surface area contributed by atoms with E-state index in [2.05, 4.69) is 33.8 Å². The van der Waals surface area contributed by atoms with Gasteiger partial charge in [0.05, 0.1) is 12.5 Å². The molecule has 1 aliphatic heterocycles. The van der Waals surface area contributed by atoms with Crippen LogP contribution in [0, 0.1) is 17.3 Å². The summed E-state index contributed by atoms with van der Waals surface area (Å²) in [6, 6.07) is 7.65. The Labute approximate surface area is 144 Å². The molecule has 4 nitrogen and oxygen atoms in total. The number of likely N-dealkylation sites (N-methyl/N-ethyl adjacent to an activating group) is 1. The van der Waals surface area contributed by atoms with Crippen molar-refractivity contribution < 1.29 is 14.3 Å². The van der Waals surface area contributed by atoms with Gasteiger partial charge in [0, 0.05) is 7.05 Å². The molecule has 0 N–H and O–H groups in total. The Hall–Kier alpha value is -1.97. The molecule has 1 heterocycles.